The maximum absolute atomic E-state index is 12.6. The molecular formula is C17H22F3N3O. The minimum absolute atomic E-state index is 0.178. The van der Waals surface area contributed by atoms with Crippen molar-refractivity contribution in [2.24, 2.45) is 0 Å². The van der Waals surface area contributed by atoms with Gasteiger partial charge in [0.25, 0.3) is 0 Å². The highest BCUT2D eigenvalue weighted by Crippen LogP contribution is 2.31. The predicted octanol–water partition coefficient (Wildman–Crippen LogP) is 3.99. The molecule has 2 rings (SSSR count). The number of nitrogens with one attached hydrogen (secondary N) is 1. The molecule has 0 aromatic heterocycles. The van der Waals surface area contributed by atoms with Crippen molar-refractivity contribution < 1.29 is 18.0 Å². The Labute approximate surface area is 139 Å². The van der Waals surface area contributed by atoms with Crippen molar-refractivity contribution in [3.63, 3.8) is 0 Å². The molecule has 4 nitrogen and oxygen atoms in total. The van der Waals surface area contributed by atoms with Gasteiger partial charge < -0.3 is 10.2 Å². The second kappa shape index (κ2) is 7.25. The molecule has 2 amide bonds. The normalized spacial score (nSPS) is 14.4. The zero-order valence-electron chi connectivity index (χ0n) is 13.9. The third-order valence-electron chi connectivity index (χ3n) is 3.82. The van der Waals surface area contributed by atoms with Gasteiger partial charge in [0, 0.05) is 31.9 Å². The minimum atomic E-state index is -4.23. The Morgan fingerprint density at radius 2 is 2.08 bits per heavy atom. The van der Waals surface area contributed by atoms with Crippen molar-refractivity contribution in [1.29, 1.82) is 0 Å². The molecule has 132 valence electrons. The zero-order chi connectivity index (χ0) is 17.9. The van der Waals surface area contributed by atoms with Gasteiger partial charge in [-0.3, -0.25) is 4.90 Å². The molecule has 24 heavy (non-hydrogen) atoms. The van der Waals surface area contributed by atoms with Crippen LogP contribution < -0.4 is 5.32 Å². The van der Waals surface area contributed by atoms with Crippen molar-refractivity contribution in [3.05, 3.63) is 41.5 Å². The highest BCUT2D eigenvalue weighted by molar-refractivity contribution is 5.90. The standard InChI is InChI=1S/C17H22F3N3O/c1-4-23(8-12(2)3)16(24)21-15-7-5-6-13-9-22(10-14(13)15)11-17(18,19)20/h5-7H,2,4,8-11H2,1,3H3,(H,21,24). The van der Waals surface area contributed by atoms with E-state index in [1.54, 1.807) is 23.1 Å². The number of urea groups is 1. The number of likely N-dealkylation sites (N-methyl/N-ethyl adjacent to an activating group) is 1. The SMILES string of the molecule is C=C(C)CN(CC)C(=O)Nc1cccc2c1CN(CC(F)(F)F)C2. The van der Waals surface area contributed by atoms with Crippen LogP contribution in [0.5, 0.6) is 0 Å². The molecule has 0 bridgehead atoms. The fraction of sp³-hybridized carbons (Fsp3) is 0.471. The van der Waals surface area contributed by atoms with Crippen LogP contribution >= 0.6 is 0 Å². The van der Waals surface area contributed by atoms with Gasteiger partial charge in [-0.15, -0.1) is 0 Å². The third kappa shape index (κ3) is 4.74. The zero-order valence-corrected chi connectivity index (χ0v) is 13.9. The van der Waals surface area contributed by atoms with E-state index in [1.807, 2.05) is 13.8 Å². The summed E-state index contributed by atoms with van der Waals surface area (Å²) in [6.07, 6.45) is -4.23. The fourth-order valence-electron chi connectivity index (χ4n) is 2.82. The lowest BCUT2D eigenvalue weighted by Gasteiger charge is -2.22. The van der Waals surface area contributed by atoms with E-state index in [0.717, 1.165) is 16.7 Å². The Morgan fingerprint density at radius 3 is 2.67 bits per heavy atom. The van der Waals surface area contributed by atoms with Gasteiger partial charge in [0.15, 0.2) is 0 Å². The molecule has 0 saturated carbocycles. The molecule has 1 N–H and O–H groups in total. The van der Waals surface area contributed by atoms with E-state index in [0.29, 0.717) is 18.8 Å². The Balaban J connectivity index is 2.11. The second-order valence-corrected chi connectivity index (χ2v) is 6.11. The van der Waals surface area contributed by atoms with E-state index in [1.165, 1.54) is 4.90 Å². The first-order valence-electron chi connectivity index (χ1n) is 7.79. The van der Waals surface area contributed by atoms with E-state index < -0.39 is 12.7 Å². The monoisotopic (exact) mass is 341 g/mol. The minimum Gasteiger partial charge on any atom is -0.321 e. The molecule has 0 radical (unpaired) electrons. The lowest BCUT2D eigenvalue weighted by Crippen LogP contribution is -2.36. The van der Waals surface area contributed by atoms with Gasteiger partial charge in [-0.2, -0.15) is 13.2 Å². The molecule has 0 spiro atoms. The van der Waals surface area contributed by atoms with E-state index in [2.05, 4.69) is 11.9 Å². The summed E-state index contributed by atoms with van der Waals surface area (Å²) in [4.78, 5) is 15.3. The van der Waals surface area contributed by atoms with Crippen LogP contribution in [0.4, 0.5) is 23.7 Å². The molecule has 0 fully saturated rings. The molecule has 1 aromatic carbocycles. The maximum atomic E-state index is 12.6. The number of carbonyl (C=O) groups excluding carboxylic acids is 1. The number of halogens is 3. The van der Waals surface area contributed by atoms with Crippen LogP contribution in [0.2, 0.25) is 0 Å². The average molecular weight is 341 g/mol. The average Bonchev–Trinajstić information content (AvgIpc) is 2.85. The smallest absolute Gasteiger partial charge is 0.321 e. The predicted molar refractivity (Wildman–Crippen MR) is 87.7 cm³/mol. The first kappa shape index (κ1) is 18.3. The van der Waals surface area contributed by atoms with Gasteiger partial charge in [0.2, 0.25) is 0 Å². The molecule has 1 aliphatic heterocycles. The summed E-state index contributed by atoms with van der Waals surface area (Å²) in [5.74, 6) is 0. The van der Waals surface area contributed by atoms with E-state index in [9.17, 15) is 18.0 Å². The van der Waals surface area contributed by atoms with E-state index >= 15 is 0 Å². The van der Waals surface area contributed by atoms with Gasteiger partial charge >= 0.3 is 12.2 Å². The van der Waals surface area contributed by atoms with Crippen LogP contribution in [0.3, 0.4) is 0 Å². The number of amides is 2. The summed E-state index contributed by atoms with van der Waals surface area (Å²) >= 11 is 0. The topological polar surface area (TPSA) is 35.6 Å². The fourth-order valence-corrected chi connectivity index (χ4v) is 2.82. The largest absolute Gasteiger partial charge is 0.401 e. The first-order valence-corrected chi connectivity index (χ1v) is 7.79. The van der Waals surface area contributed by atoms with Crippen LogP contribution in [0.25, 0.3) is 0 Å². The molecule has 1 aromatic rings. The summed E-state index contributed by atoms with van der Waals surface area (Å²) in [5.41, 5.74) is 3.01. The quantitative estimate of drug-likeness (QED) is 0.822. The van der Waals surface area contributed by atoms with Crippen molar-refractivity contribution in [2.75, 3.05) is 25.0 Å². The first-order chi connectivity index (χ1) is 11.2. The van der Waals surface area contributed by atoms with Gasteiger partial charge in [0.05, 0.1) is 6.54 Å². The highest BCUT2D eigenvalue weighted by atomic mass is 19.4. The summed E-state index contributed by atoms with van der Waals surface area (Å²) in [5, 5.41) is 2.82. The summed E-state index contributed by atoms with van der Waals surface area (Å²) in [6.45, 7) is 7.93. The Hall–Kier alpha value is -2.02. The van der Waals surface area contributed by atoms with Crippen molar-refractivity contribution in [2.45, 2.75) is 33.1 Å². The van der Waals surface area contributed by atoms with Gasteiger partial charge in [-0.1, -0.05) is 24.3 Å². The van der Waals surface area contributed by atoms with Gasteiger partial charge in [-0.25, -0.2) is 4.79 Å². The Kier molecular flexibility index (Phi) is 5.54. The molecule has 0 unspecified atom stereocenters. The van der Waals surface area contributed by atoms with Crippen LogP contribution in [0.1, 0.15) is 25.0 Å². The van der Waals surface area contributed by atoms with Crippen LogP contribution in [0, 0.1) is 0 Å². The number of fused-ring (bicyclic) bond motifs is 1. The lowest BCUT2D eigenvalue weighted by molar-refractivity contribution is -0.146. The summed E-state index contributed by atoms with van der Waals surface area (Å²) in [6, 6.07) is 5.00. The molecule has 0 aliphatic carbocycles. The number of rotatable bonds is 5. The van der Waals surface area contributed by atoms with Crippen molar-refractivity contribution in [1.82, 2.24) is 9.80 Å². The van der Waals surface area contributed by atoms with Crippen molar-refractivity contribution >= 4 is 11.7 Å². The number of benzene rings is 1. The summed E-state index contributed by atoms with van der Waals surface area (Å²) < 4.78 is 37.8. The Morgan fingerprint density at radius 1 is 1.38 bits per heavy atom. The van der Waals surface area contributed by atoms with Crippen LogP contribution in [-0.2, 0) is 13.1 Å². The van der Waals surface area contributed by atoms with Crippen LogP contribution in [-0.4, -0.2) is 41.6 Å². The molecule has 0 atom stereocenters. The molecular weight excluding hydrogens is 319 g/mol. The van der Waals surface area contributed by atoms with E-state index in [4.69, 9.17) is 0 Å². The van der Waals surface area contributed by atoms with Gasteiger partial charge in [0.1, 0.15) is 0 Å². The number of alkyl halides is 3. The number of hydrogen-bond donors (Lipinski definition) is 1. The maximum Gasteiger partial charge on any atom is 0.401 e. The molecule has 1 heterocycles. The highest BCUT2D eigenvalue weighted by Gasteiger charge is 2.34. The molecule has 1 aliphatic rings. The van der Waals surface area contributed by atoms with Crippen molar-refractivity contribution in [3.8, 4) is 0 Å². The third-order valence-corrected chi connectivity index (χ3v) is 3.82. The lowest BCUT2D eigenvalue weighted by atomic mass is 10.1. The molecule has 0 saturated heterocycles. The van der Waals surface area contributed by atoms with Crippen LogP contribution in [0.15, 0.2) is 30.4 Å². The van der Waals surface area contributed by atoms with Gasteiger partial charge in [-0.05, 0) is 31.0 Å². The number of anilines is 1. The number of nitrogens with zero attached hydrogens (tertiary/aromatic N) is 2. The second-order valence-electron chi connectivity index (χ2n) is 6.11. The molecule has 7 heteroatoms. The number of hydrogen-bond acceptors (Lipinski definition) is 2. The van der Waals surface area contributed by atoms with E-state index in [-0.39, 0.29) is 19.1 Å². The Bertz CT molecular complexity index is 628. The summed E-state index contributed by atoms with van der Waals surface area (Å²) in [7, 11) is 0. The number of carbonyl (C=O) groups is 1.